The number of hydrogen-bond acceptors (Lipinski definition) is 2. The van der Waals surface area contributed by atoms with E-state index >= 15 is 0 Å². The number of halogens is 2. The predicted molar refractivity (Wildman–Crippen MR) is 88.8 cm³/mol. The zero-order chi connectivity index (χ0) is 14.9. The van der Waals surface area contributed by atoms with E-state index in [0.717, 1.165) is 16.0 Å². The molecule has 0 aliphatic rings. The van der Waals surface area contributed by atoms with E-state index in [1.165, 1.54) is 4.88 Å². The summed E-state index contributed by atoms with van der Waals surface area (Å²) in [5.41, 5.74) is 2.05. The van der Waals surface area contributed by atoms with Crippen molar-refractivity contribution in [3.63, 3.8) is 0 Å². The quantitative estimate of drug-likeness (QED) is 0.758. The van der Waals surface area contributed by atoms with Crippen molar-refractivity contribution in [3.8, 4) is 10.4 Å². The third-order valence-corrected chi connectivity index (χ3v) is 5.25. The van der Waals surface area contributed by atoms with Gasteiger partial charge in [0, 0.05) is 15.8 Å². The summed E-state index contributed by atoms with van der Waals surface area (Å²) >= 11 is 4.96. The van der Waals surface area contributed by atoms with Crippen LogP contribution in [0.3, 0.4) is 0 Å². The van der Waals surface area contributed by atoms with Crippen molar-refractivity contribution >= 4 is 27.3 Å². The van der Waals surface area contributed by atoms with Crippen molar-refractivity contribution in [3.05, 3.63) is 45.0 Å². The Hall–Kier alpha value is -0.710. The highest BCUT2D eigenvalue weighted by molar-refractivity contribution is 9.10. The van der Waals surface area contributed by atoms with Gasteiger partial charge in [0.05, 0.1) is 4.47 Å². The van der Waals surface area contributed by atoms with E-state index in [1.807, 2.05) is 20.0 Å². The lowest BCUT2D eigenvalue weighted by Gasteiger charge is -2.18. The molecule has 0 amide bonds. The molecule has 1 unspecified atom stereocenters. The lowest BCUT2D eigenvalue weighted by atomic mass is 10.0. The highest BCUT2D eigenvalue weighted by atomic mass is 79.9. The summed E-state index contributed by atoms with van der Waals surface area (Å²) < 4.78 is 14.3. The van der Waals surface area contributed by atoms with Crippen LogP contribution in [-0.4, -0.2) is 7.05 Å². The Kier molecular flexibility index (Phi) is 4.99. The maximum Gasteiger partial charge on any atom is 0.138 e. The van der Waals surface area contributed by atoms with E-state index in [9.17, 15) is 4.39 Å². The Morgan fingerprint density at radius 3 is 2.55 bits per heavy atom. The monoisotopic (exact) mass is 355 g/mol. The Bertz CT molecular complexity index is 607. The summed E-state index contributed by atoms with van der Waals surface area (Å²) in [4.78, 5) is 2.41. The van der Waals surface area contributed by atoms with Crippen LogP contribution in [0.2, 0.25) is 0 Å². The van der Waals surface area contributed by atoms with Gasteiger partial charge in [-0.3, -0.25) is 0 Å². The molecule has 0 aliphatic carbocycles. The summed E-state index contributed by atoms with van der Waals surface area (Å²) in [6.07, 6.45) is 0. The fraction of sp³-hybridized carbons (Fsp3) is 0.375. The lowest BCUT2D eigenvalue weighted by Crippen LogP contribution is -2.20. The number of rotatable bonds is 4. The van der Waals surface area contributed by atoms with E-state index in [2.05, 4.69) is 47.2 Å². The van der Waals surface area contributed by atoms with E-state index in [0.29, 0.717) is 16.4 Å². The van der Waals surface area contributed by atoms with Crippen LogP contribution in [0.1, 0.15) is 30.3 Å². The molecule has 108 valence electrons. The minimum atomic E-state index is -0.213. The highest BCUT2D eigenvalue weighted by Gasteiger charge is 2.17. The maximum atomic E-state index is 13.8. The van der Waals surface area contributed by atoms with Crippen LogP contribution < -0.4 is 5.32 Å². The van der Waals surface area contributed by atoms with Crippen LogP contribution in [0.4, 0.5) is 4.39 Å². The van der Waals surface area contributed by atoms with Crippen LogP contribution in [-0.2, 0) is 0 Å². The van der Waals surface area contributed by atoms with Gasteiger partial charge in [0.1, 0.15) is 5.82 Å². The van der Waals surface area contributed by atoms with Crippen LogP contribution in [0.15, 0.2) is 28.7 Å². The van der Waals surface area contributed by atoms with Gasteiger partial charge in [0.2, 0.25) is 0 Å². The molecule has 2 aromatic rings. The van der Waals surface area contributed by atoms with Crippen molar-refractivity contribution in [1.82, 2.24) is 5.32 Å². The average molecular weight is 356 g/mol. The summed E-state index contributed by atoms with van der Waals surface area (Å²) in [6.45, 7) is 6.41. The molecule has 0 saturated carbocycles. The SMILES string of the molecule is CNC(c1ccc(-c2cc(F)c(Br)cc2C)s1)C(C)C. The largest absolute Gasteiger partial charge is 0.312 e. The van der Waals surface area contributed by atoms with E-state index in [-0.39, 0.29) is 5.82 Å². The van der Waals surface area contributed by atoms with Crippen molar-refractivity contribution in [1.29, 1.82) is 0 Å². The Morgan fingerprint density at radius 1 is 1.25 bits per heavy atom. The van der Waals surface area contributed by atoms with Crippen LogP contribution in [0.25, 0.3) is 10.4 Å². The summed E-state index contributed by atoms with van der Waals surface area (Å²) in [6, 6.07) is 8.01. The highest BCUT2D eigenvalue weighted by Crippen LogP contribution is 2.36. The van der Waals surface area contributed by atoms with Crippen molar-refractivity contribution < 1.29 is 4.39 Å². The molecule has 0 fully saturated rings. The van der Waals surface area contributed by atoms with Crippen LogP contribution in [0, 0.1) is 18.7 Å². The second-order valence-electron chi connectivity index (χ2n) is 5.29. The third kappa shape index (κ3) is 3.13. The van der Waals surface area contributed by atoms with Gasteiger partial charge < -0.3 is 5.32 Å². The predicted octanol–water partition coefficient (Wildman–Crippen LogP) is 5.54. The summed E-state index contributed by atoms with van der Waals surface area (Å²) in [5, 5.41) is 3.35. The molecule has 20 heavy (non-hydrogen) atoms. The molecule has 0 radical (unpaired) electrons. The van der Waals surface area contributed by atoms with Gasteiger partial charge in [-0.2, -0.15) is 0 Å². The molecule has 0 spiro atoms. The minimum absolute atomic E-state index is 0.213. The van der Waals surface area contributed by atoms with Gasteiger partial charge in [-0.15, -0.1) is 11.3 Å². The maximum absolute atomic E-state index is 13.8. The van der Waals surface area contributed by atoms with Crippen LogP contribution in [0.5, 0.6) is 0 Å². The fourth-order valence-corrected chi connectivity index (χ4v) is 4.21. The second kappa shape index (κ2) is 6.37. The molecule has 1 N–H and O–H groups in total. The number of hydrogen-bond donors (Lipinski definition) is 1. The van der Waals surface area contributed by atoms with Crippen molar-refractivity contribution in [2.75, 3.05) is 7.05 Å². The lowest BCUT2D eigenvalue weighted by molar-refractivity contribution is 0.449. The number of nitrogens with one attached hydrogen (secondary N) is 1. The first-order chi connectivity index (χ1) is 9.43. The Balaban J connectivity index is 2.41. The molecule has 0 saturated heterocycles. The van der Waals surface area contributed by atoms with Gasteiger partial charge in [-0.05, 0) is 71.2 Å². The molecule has 1 aromatic carbocycles. The molecule has 1 aromatic heterocycles. The average Bonchev–Trinajstić information content (AvgIpc) is 2.83. The first kappa shape index (κ1) is 15.7. The third-order valence-electron chi connectivity index (χ3n) is 3.44. The first-order valence-electron chi connectivity index (χ1n) is 6.67. The molecule has 0 bridgehead atoms. The molecular formula is C16H19BrFNS. The summed E-state index contributed by atoms with van der Waals surface area (Å²) in [5.74, 6) is 0.309. The smallest absolute Gasteiger partial charge is 0.138 e. The number of aryl methyl sites for hydroxylation is 1. The topological polar surface area (TPSA) is 12.0 Å². The van der Waals surface area contributed by atoms with Gasteiger partial charge in [0.25, 0.3) is 0 Å². The zero-order valence-electron chi connectivity index (χ0n) is 12.1. The molecule has 1 atom stereocenters. The van der Waals surface area contributed by atoms with Crippen molar-refractivity contribution in [2.24, 2.45) is 5.92 Å². The van der Waals surface area contributed by atoms with E-state index in [1.54, 1.807) is 17.4 Å². The Labute approximate surface area is 132 Å². The molecule has 2 rings (SSSR count). The molecule has 1 heterocycles. The fourth-order valence-electron chi connectivity index (χ4n) is 2.38. The van der Waals surface area contributed by atoms with Crippen LogP contribution >= 0.6 is 27.3 Å². The molecule has 0 aliphatic heterocycles. The van der Waals surface area contributed by atoms with E-state index < -0.39 is 0 Å². The second-order valence-corrected chi connectivity index (χ2v) is 7.26. The van der Waals surface area contributed by atoms with Gasteiger partial charge in [-0.25, -0.2) is 4.39 Å². The van der Waals surface area contributed by atoms with Gasteiger partial charge in [0.15, 0.2) is 0 Å². The summed E-state index contributed by atoms with van der Waals surface area (Å²) in [7, 11) is 1.98. The van der Waals surface area contributed by atoms with Crippen molar-refractivity contribution in [2.45, 2.75) is 26.8 Å². The van der Waals surface area contributed by atoms with E-state index in [4.69, 9.17) is 0 Å². The zero-order valence-corrected chi connectivity index (χ0v) is 14.5. The number of thiophene rings is 1. The first-order valence-corrected chi connectivity index (χ1v) is 8.28. The van der Waals surface area contributed by atoms with Gasteiger partial charge in [-0.1, -0.05) is 13.8 Å². The minimum Gasteiger partial charge on any atom is -0.312 e. The Morgan fingerprint density at radius 2 is 1.95 bits per heavy atom. The standard InChI is InChI=1S/C16H19BrFNS/c1-9(2)16(19-4)15-6-5-14(20-15)11-8-13(18)12(17)7-10(11)3/h5-9,16,19H,1-4H3. The number of benzene rings is 1. The normalized spacial score (nSPS) is 12.9. The molecular weight excluding hydrogens is 337 g/mol. The molecule has 4 heteroatoms. The molecule has 1 nitrogen and oxygen atoms in total. The van der Waals surface area contributed by atoms with Gasteiger partial charge >= 0.3 is 0 Å².